The average molecular weight is 521 g/mol. The molecule has 0 unspecified atom stereocenters. The van der Waals surface area contributed by atoms with Gasteiger partial charge in [0, 0.05) is 41.6 Å². The van der Waals surface area contributed by atoms with E-state index in [0.717, 1.165) is 23.4 Å². The SMILES string of the molecule is CCn1nc(NC(=O)Cc2ccc(Oc3ccnc4ccc(S(C)(=O)=O)cc34)c(C)c2)cc1C(C)(C)C. The van der Waals surface area contributed by atoms with E-state index in [2.05, 4.69) is 36.2 Å². The monoisotopic (exact) mass is 520 g/mol. The number of aryl methyl sites for hydroxylation is 2. The smallest absolute Gasteiger partial charge is 0.229 e. The lowest BCUT2D eigenvalue weighted by Gasteiger charge is -2.19. The Labute approximate surface area is 217 Å². The highest BCUT2D eigenvalue weighted by atomic mass is 32.2. The minimum Gasteiger partial charge on any atom is -0.456 e. The molecule has 0 fully saturated rings. The molecule has 0 radical (unpaired) electrons. The van der Waals surface area contributed by atoms with Crippen LogP contribution in [0.2, 0.25) is 0 Å². The van der Waals surface area contributed by atoms with Crippen molar-refractivity contribution in [1.82, 2.24) is 14.8 Å². The van der Waals surface area contributed by atoms with Gasteiger partial charge in [-0.1, -0.05) is 32.9 Å². The highest BCUT2D eigenvalue weighted by Crippen LogP contribution is 2.32. The first kappa shape index (κ1) is 26.3. The van der Waals surface area contributed by atoms with Crippen LogP contribution in [0, 0.1) is 6.92 Å². The minimum atomic E-state index is -3.37. The number of aromatic nitrogens is 3. The maximum absolute atomic E-state index is 12.7. The summed E-state index contributed by atoms with van der Waals surface area (Å²) in [6.07, 6.45) is 2.99. The minimum absolute atomic E-state index is 0.0779. The molecule has 1 N–H and O–H groups in total. The molecular formula is C28H32N4O4S. The lowest BCUT2D eigenvalue weighted by atomic mass is 9.92. The summed E-state index contributed by atoms with van der Waals surface area (Å²) in [6, 6.07) is 14.0. The second-order valence-electron chi connectivity index (χ2n) is 10.2. The standard InChI is InChI=1S/C28H32N4O4S/c1-7-32-25(28(3,4)5)17-26(31-32)30-27(33)15-19-8-11-23(18(2)14-19)36-24-12-13-29-22-10-9-20(16-21(22)24)37(6,34)35/h8-14,16-17H,7,15H2,1-6H3,(H,30,31,33). The van der Waals surface area contributed by atoms with Crippen LogP contribution in [0.15, 0.2) is 59.6 Å². The molecule has 0 saturated heterocycles. The van der Waals surface area contributed by atoms with Gasteiger partial charge in [0.1, 0.15) is 11.5 Å². The van der Waals surface area contributed by atoms with Crippen LogP contribution in [0.1, 0.15) is 44.5 Å². The highest BCUT2D eigenvalue weighted by Gasteiger charge is 2.21. The molecule has 194 valence electrons. The third kappa shape index (κ3) is 5.99. The first-order valence-electron chi connectivity index (χ1n) is 12.1. The number of carbonyl (C=O) groups is 1. The summed E-state index contributed by atoms with van der Waals surface area (Å²) >= 11 is 0. The third-order valence-corrected chi connectivity index (χ3v) is 7.15. The Kier molecular flexibility index (Phi) is 7.10. The van der Waals surface area contributed by atoms with Gasteiger partial charge in [0.25, 0.3) is 0 Å². The molecule has 0 aliphatic carbocycles. The third-order valence-electron chi connectivity index (χ3n) is 6.04. The molecule has 8 nitrogen and oxygen atoms in total. The van der Waals surface area contributed by atoms with Gasteiger partial charge in [0.2, 0.25) is 5.91 Å². The Bertz CT molecular complexity index is 1580. The summed E-state index contributed by atoms with van der Waals surface area (Å²) in [6.45, 7) is 11.0. The van der Waals surface area contributed by atoms with Gasteiger partial charge in [-0.05, 0) is 55.3 Å². The predicted octanol–water partition coefficient (Wildman–Crippen LogP) is 5.43. The molecular weight excluding hydrogens is 488 g/mol. The van der Waals surface area contributed by atoms with Crippen LogP contribution in [0.4, 0.5) is 5.82 Å². The van der Waals surface area contributed by atoms with Crippen LogP contribution < -0.4 is 10.1 Å². The van der Waals surface area contributed by atoms with Crippen LogP contribution in [-0.2, 0) is 33.0 Å². The van der Waals surface area contributed by atoms with Crippen LogP contribution >= 0.6 is 0 Å². The second kappa shape index (κ2) is 9.97. The van der Waals surface area contributed by atoms with E-state index in [9.17, 15) is 13.2 Å². The highest BCUT2D eigenvalue weighted by molar-refractivity contribution is 7.90. The fourth-order valence-corrected chi connectivity index (χ4v) is 4.82. The van der Waals surface area contributed by atoms with E-state index >= 15 is 0 Å². The normalized spacial score (nSPS) is 12.1. The Morgan fingerprint density at radius 2 is 1.81 bits per heavy atom. The van der Waals surface area contributed by atoms with Gasteiger partial charge < -0.3 is 10.1 Å². The fraction of sp³-hybridized carbons (Fsp3) is 0.321. The number of anilines is 1. The van der Waals surface area contributed by atoms with Gasteiger partial charge in [0.15, 0.2) is 15.7 Å². The summed E-state index contributed by atoms with van der Waals surface area (Å²) in [5, 5.41) is 8.04. The number of hydrogen-bond donors (Lipinski definition) is 1. The van der Waals surface area contributed by atoms with E-state index in [1.54, 1.807) is 24.4 Å². The molecule has 9 heteroatoms. The maximum atomic E-state index is 12.7. The molecule has 2 heterocycles. The summed E-state index contributed by atoms with van der Waals surface area (Å²) in [4.78, 5) is 17.3. The summed E-state index contributed by atoms with van der Waals surface area (Å²) in [5.74, 6) is 1.51. The van der Waals surface area contributed by atoms with Gasteiger partial charge >= 0.3 is 0 Å². The summed E-state index contributed by atoms with van der Waals surface area (Å²) < 4.78 is 32.1. The molecule has 0 spiro atoms. The summed E-state index contributed by atoms with van der Waals surface area (Å²) in [5.41, 5.74) is 3.31. The number of nitrogens with zero attached hydrogens (tertiary/aromatic N) is 3. The zero-order valence-electron chi connectivity index (χ0n) is 22.0. The van der Waals surface area contributed by atoms with E-state index < -0.39 is 9.84 Å². The van der Waals surface area contributed by atoms with Gasteiger partial charge in [0.05, 0.1) is 16.8 Å². The van der Waals surface area contributed by atoms with E-state index in [1.165, 1.54) is 12.3 Å². The topological polar surface area (TPSA) is 103 Å². The zero-order chi connectivity index (χ0) is 27.0. The zero-order valence-corrected chi connectivity index (χ0v) is 22.8. The van der Waals surface area contributed by atoms with E-state index in [0.29, 0.717) is 28.2 Å². The van der Waals surface area contributed by atoms with Crippen molar-refractivity contribution in [2.75, 3.05) is 11.6 Å². The largest absolute Gasteiger partial charge is 0.456 e. The van der Waals surface area contributed by atoms with Crippen molar-refractivity contribution in [3.05, 3.63) is 71.5 Å². The molecule has 2 aromatic carbocycles. The Balaban J connectivity index is 1.51. The molecule has 37 heavy (non-hydrogen) atoms. The van der Waals surface area contributed by atoms with E-state index in [-0.39, 0.29) is 22.6 Å². The number of sulfone groups is 1. The first-order chi connectivity index (χ1) is 17.3. The maximum Gasteiger partial charge on any atom is 0.229 e. The summed E-state index contributed by atoms with van der Waals surface area (Å²) in [7, 11) is -3.37. The molecule has 0 saturated carbocycles. The molecule has 1 amide bonds. The van der Waals surface area contributed by atoms with Crippen molar-refractivity contribution in [2.45, 2.75) is 57.9 Å². The van der Waals surface area contributed by atoms with Crippen molar-refractivity contribution in [2.24, 2.45) is 0 Å². The number of amides is 1. The van der Waals surface area contributed by atoms with Crippen LogP contribution in [0.5, 0.6) is 11.5 Å². The number of fused-ring (bicyclic) bond motifs is 1. The Hall–Kier alpha value is -3.72. The molecule has 0 atom stereocenters. The first-order valence-corrected chi connectivity index (χ1v) is 14.0. The predicted molar refractivity (Wildman–Crippen MR) is 145 cm³/mol. The van der Waals surface area contributed by atoms with Crippen molar-refractivity contribution in [3.63, 3.8) is 0 Å². The lowest BCUT2D eigenvalue weighted by Crippen LogP contribution is -2.17. The van der Waals surface area contributed by atoms with Crippen molar-refractivity contribution in [3.8, 4) is 11.5 Å². The van der Waals surface area contributed by atoms with Gasteiger partial charge in [-0.2, -0.15) is 5.10 Å². The van der Waals surface area contributed by atoms with E-state index in [4.69, 9.17) is 4.74 Å². The Morgan fingerprint density at radius 1 is 1.05 bits per heavy atom. The second-order valence-corrected chi connectivity index (χ2v) is 12.2. The average Bonchev–Trinajstić information content (AvgIpc) is 3.23. The molecule has 0 aliphatic rings. The number of ether oxygens (including phenoxy) is 1. The number of rotatable bonds is 7. The fourth-order valence-electron chi connectivity index (χ4n) is 4.17. The molecule has 4 rings (SSSR count). The number of nitrogens with one attached hydrogen (secondary N) is 1. The Morgan fingerprint density at radius 3 is 2.43 bits per heavy atom. The molecule has 2 aromatic heterocycles. The van der Waals surface area contributed by atoms with E-state index in [1.807, 2.05) is 42.8 Å². The van der Waals surface area contributed by atoms with Crippen LogP contribution in [-0.4, -0.2) is 35.3 Å². The lowest BCUT2D eigenvalue weighted by molar-refractivity contribution is -0.115. The number of pyridine rings is 1. The van der Waals surface area contributed by atoms with Crippen molar-refractivity contribution < 1.29 is 17.9 Å². The number of hydrogen-bond acceptors (Lipinski definition) is 6. The number of carbonyl (C=O) groups excluding carboxylic acids is 1. The van der Waals surface area contributed by atoms with Gasteiger partial charge in [-0.15, -0.1) is 0 Å². The van der Waals surface area contributed by atoms with Crippen LogP contribution in [0.3, 0.4) is 0 Å². The van der Waals surface area contributed by atoms with Crippen molar-refractivity contribution in [1.29, 1.82) is 0 Å². The number of benzene rings is 2. The quantitative estimate of drug-likeness (QED) is 0.348. The molecule has 0 bridgehead atoms. The van der Waals surface area contributed by atoms with Gasteiger partial charge in [-0.3, -0.25) is 14.5 Å². The van der Waals surface area contributed by atoms with Crippen LogP contribution in [0.25, 0.3) is 10.9 Å². The van der Waals surface area contributed by atoms with Gasteiger partial charge in [-0.25, -0.2) is 8.42 Å². The molecule has 4 aromatic rings. The van der Waals surface area contributed by atoms with Crippen molar-refractivity contribution >= 4 is 32.5 Å². The molecule has 0 aliphatic heterocycles.